The normalized spacial score (nSPS) is 15.6. The van der Waals surface area contributed by atoms with Crippen LogP contribution in [0.15, 0.2) is 29.6 Å². The van der Waals surface area contributed by atoms with Gasteiger partial charge in [0.1, 0.15) is 16.5 Å². The second-order valence-corrected chi connectivity index (χ2v) is 10.3. The molecule has 2 heterocycles. The number of carbonyl (C=O) groups excluding carboxylic acids is 1. The maximum absolute atomic E-state index is 12.9. The first kappa shape index (κ1) is 23.6. The van der Waals surface area contributed by atoms with Gasteiger partial charge in [0.05, 0.1) is 6.10 Å². The van der Waals surface area contributed by atoms with Gasteiger partial charge in [-0.15, -0.1) is 11.3 Å². The van der Waals surface area contributed by atoms with Gasteiger partial charge in [-0.25, -0.2) is 4.98 Å². The quantitative estimate of drug-likeness (QED) is 0.597. The number of aromatic nitrogens is 1. The van der Waals surface area contributed by atoms with E-state index in [2.05, 4.69) is 4.98 Å². The first-order valence-corrected chi connectivity index (χ1v) is 12.8. The van der Waals surface area contributed by atoms with Gasteiger partial charge in [0.25, 0.3) is 16.1 Å². The van der Waals surface area contributed by atoms with Crippen LogP contribution in [0.1, 0.15) is 38.2 Å². The van der Waals surface area contributed by atoms with Crippen molar-refractivity contribution < 1.29 is 17.9 Å². The highest BCUT2D eigenvalue weighted by atomic mass is 32.2. The van der Waals surface area contributed by atoms with E-state index < -0.39 is 10.2 Å². The third-order valence-electron chi connectivity index (χ3n) is 5.08. The van der Waals surface area contributed by atoms with E-state index >= 15 is 0 Å². The highest BCUT2D eigenvalue weighted by Gasteiger charge is 2.32. The molecule has 1 aliphatic rings. The van der Waals surface area contributed by atoms with E-state index in [0.717, 1.165) is 16.3 Å². The van der Waals surface area contributed by atoms with Crippen molar-refractivity contribution in [2.24, 2.45) is 0 Å². The maximum atomic E-state index is 12.9. The van der Waals surface area contributed by atoms with Crippen LogP contribution in [0, 0.1) is 0 Å². The largest absolute Gasteiger partial charge is 0.491 e. The van der Waals surface area contributed by atoms with E-state index in [0.29, 0.717) is 45.0 Å². The maximum Gasteiger partial charge on any atom is 0.282 e. The Bertz CT molecular complexity index is 977. The smallest absolute Gasteiger partial charge is 0.282 e. The molecule has 10 heteroatoms. The number of carbonyl (C=O) groups is 1. The summed E-state index contributed by atoms with van der Waals surface area (Å²) in [6.07, 6.45) is 0.109. The van der Waals surface area contributed by atoms with Crippen LogP contribution >= 0.6 is 11.3 Å². The highest BCUT2D eigenvalue weighted by molar-refractivity contribution is 7.86. The van der Waals surface area contributed by atoms with Crippen LogP contribution in [-0.2, 0) is 10.2 Å². The number of rotatable bonds is 8. The Hall–Kier alpha value is -2.01. The minimum atomic E-state index is -3.48. The van der Waals surface area contributed by atoms with E-state index in [1.165, 1.54) is 19.9 Å². The molecule has 0 unspecified atom stereocenters. The molecule has 0 saturated carbocycles. The Morgan fingerprint density at radius 1 is 1.13 bits per heavy atom. The van der Waals surface area contributed by atoms with E-state index in [-0.39, 0.29) is 12.0 Å². The number of hydrogen-bond donors (Lipinski definition) is 0. The summed E-state index contributed by atoms with van der Waals surface area (Å²) in [5.74, 6) is 0.631. The van der Waals surface area contributed by atoms with Gasteiger partial charge in [0.15, 0.2) is 0 Å². The van der Waals surface area contributed by atoms with Crippen molar-refractivity contribution in [2.45, 2.75) is 33.8 Å². The van der Waals surface area contributed by atoms with Crippen LogP contribution in [0.2, 0.25) is 0 Å². The predicted molar refractivity (Wildman–Crippen MR) is 123 cm³/mol. The number of amides is 1. The Kier molecular flexibility index (Phi) is 7.68. The highest BCUT2D eigenvalue weighted by Crippen LogP contribution is 2.27. The molecule has 1 aromatic carbocycles. The Morgan fingerprint density at radius 2 is 1.74 bits per heavy atom. The van der Waals surface area contributed by atoms with Crippen molar-refractivity contribution >= 4 is 27.5 Å². The lowest BCUT2D eigenvalue weighted by Gasteiger charge is -2.36. The monoisotopic (exact) mass is 466 g/mol. The van der Waals surface area contributed by atoms with Gasteiger partial charge < -0.3 is 9.64 Å². The molecule has 170 valence electrons. The fourth-order valence-corrected chi connectivity index (χ4v) is 5.85. The van der Waals surface area contributed by atoms with Crippen molar-refractivity contribution in [1.29, 1.82) is 0 Å². The number of benzene rings is 1. The average molecular weight is 467 g/mol. The molecule has 31 heavy (non-hydrogen) atoms. The summed E-state index contributed by atoms with van der Waals surface area (Å²) in [4.78, 5) is 19.1. The van der Waals surface area contributed by atoms with E-state index in [9.17, 15) is 13.2 Å². The molecular weight excluding hydrogens is 436 g/mol. The lowest BCUT2D eigenvalue weighted by molar-refractivity contribution is 0.0689. The molecule has 1 saturated heterocycles. The summed E-state index contributed by atoms with van der Waals surface area (Å²) in [7, 11) is -3.48. The van der Waals surface area contributed by atoms with Crippen molar-refractivity contribution in [2.75, 3.05) is 39.3 Å². The lowest BCUT2D eigenvalue weighted by Crippen LogP contribution is -2.54. The fraction of sp³-hybridized carbons (Fsp3) is 0.524. The van der Waals surface area contributed by atoms with E-state index in [1.54, 1.807) is 10.3 Å². The van der Waals surface area contributed by atoms with Crippen LogP contribution in [0.3, 0.4) is 0 Å². The zero-order chi connectivity index (χ0) is 22.6. The SMILES string of the molecule is CCN(CC)S(=O)(=O)N1CCN(C(=O)c2csc(-c3ccc(OC(C)C)cc3)n2)CC1. The van der Waals surface area contributed by atoms with Gasteiger partial charge in [0.2, 0.25) is 0 Å². The summed E-state index contributed by atoms with van der Waals surface area (Å²) in [5, 5.41) is 2.53. The minimum Gasteiger partial charge on any atom is -0.491 e. The van der Waals surface area contributed by atoms with E-state index in [4.69, 9.17) is 4.74 Å². The molecule has 0 aliphatic carbocycles. The molecule has 0 spiro atoms. The fourth-order valence-electron chi connectivity index (χ4n) is 3.45. The zero-order valence-electron chi connectivity index (χ0n) is 18.4. The molecule has 0 radical (unpaired) electrons. The number of thiazole rings is 1. The van der Waals surface area contributed by atoms with Gasteiger partial charge in [-0.2, -0.15) is 17.0 Å². The molecule has 3 rings (SSSR count). The van der Waals surface area contributed by atoms with Gasteiger partial charge in [0, 0.05) is 50.2 Å². The lowest BCUT2D eigenvalue weighted by atomic mass is 10.2. The van der Waals surface area contributed by atoms with E-state index in [1.807, 2.05) is 52.0 Å². The van der Waals surface area contributed by atoms with Crippen LogP contribution < -0.4 is 4.74 Å². The Morgan fingerprint density at radius 3 is 2.29 bits per heavy atom. The molecule has 1 amide bonds. The molecule has 0 bridgehead atoms. The molecule has 1 aromatic heterocycles. The minimum absolute atomic E-state index is 0.109. The molecular formula is C21H30N4O4S2. The standard InChI is InChI=1S/C21H30N4O4S2/c1-5-24(6-2)31(27,28)25-13-11-23(12-14-25)21(26)19-15-30-20(22-19)17-7-9-18(10-8-17)29-16(3)4/h7-10,15-16H,5-6,11-14H2,1-4H3. The summed E-state index contributed by atoms with van der Waals surface area (Å²) >= 11 is 1.42. The first-order chi connectivity index (χ1) is 14.8. The van der Waals surface area contributed by atoms with Gasteiger partial charge in [-0.1, -0.05) is 13.8 Å². The summed E-state index contributed by atoms with van der Waals surface area (Å²) in [6, 6.07) is 7.66. The van der Waals surface area contributed by atoms with Crippen LogP contribution in [0.25, 0.3) is 10.6 Å². The number of hydrogen-bond acceptors (Lipinski definition) is 6. The van der Waals surface area contributed by atoms with Crippen LogP contribution in [0.5, 0.6) is 5.75 Å². The molecule has 0 N–H and O–H groups in total. The Balaban J connectivity index is 1.63. The number of nitrogens with zero attached hydrogens (tertiary/aromatic N) is 4. The van der Waals surface area contributed by atoms with Gasteiger partial charge in [-0.05, 0) is 38.1 Å². The van der Waals surface area contributed by atoms with Gasteiger partial charge >= 0.3 is 0 Å². The molecule has 1 fully saturated rings. The molecule has 1 aliphatic heterocycles. The van der Waals surface area contributed by atoms with Gasteiger partial charge in [-0.3, -0.25) is 4.79 Å². The third-order valence-corrected chi connectivity index (χ3v) is 8.16. The molecule has 8 nitrogen and oxygen atoms in total. The number of piperazine rings is 1. The van der Waals surface area contributed by atoms with Crippen molar-refractivity contribution in [3.63, 3.8) is 0 Å². The Labute approximate surface area is 188 Å². The van der Waals surface area contributed by atoms with Crippen LogP contribution in [0.4, 0.5) is 0 Å². The predicted octanol–water partition coefficient (Wildman–Crippen LogP) is 2.94. The summed E-state index contributed by atoms with van der Waals surface area (Å²) in [6.45, 7) is 9.76. The van der Waals surface area contributed by atoms with Crippen molar-refractivity contribution in [3.05, 3.63) is 35.3 Å². The second kappa shape index (κ2) is 10.1. The molecule has 0 atom stereocenters. The topological polar surface area (TPSA) is 83.1 Å². The summed E-state index contributed by atoms with van der Waals surface area (Å²) < 4.78 is 33.9. The first-order valence-electron chi connectivity index (χ1n) is 10.5. The van der Waals surface area contributed by atoms with Crippen molar-refractivity contribution in [1.82, 2.24) is 18.5 Å². The van der Waals surface area contributed by atoms with Crippen LogP contribution in [-0.4, -0.2) is 78.2 Å². The second-order valence-electron chi connectivity index (χ2n) is 7.51. The average Bonchev–Trinajstić information content (AvgIpc) is 3.24. The zero-order valence-corrected chi connectivity index (χ0v) is 20.1. The molecule has 2 aromatic rings. The number of ether oxygens (including phenoxy) is 1. The summed E-state index contributed by atoms with van der Waals surface area (Å²) in [5.41, 5.74) is 1.32. The van der Waals surface area contributed by atoms with Crippen molar-refractivity contribution in [3.8, 4) is 16.3 Å². The third kappa shape index (κ3) is 5.43.